The Morgan fingerprint density at radius 3 is 2.55 bits per heavy atom. The molecule has 2 aromatic carbocycles. The third kappa shape index (κ3) is 4.52. The molecule has 0 spiro atoms. The van der Waals surface area contributed by atoms with E-state index in [9.17, 15) is 14.7 Å². The number of carbonyl (C=O) groups is 2. The summed E-state index contributed by atoms with van der Waals surface area (Å²) < 4.78 is 5.59. The average molecular weight is 414 g/mol. The van der Waals surface area contributed by atoms with Crippen molar-refractivity contribution in [3.63, 3.8) is 0 Å². The number of aliphatic hydroxyl groups excluding tert-OH is 1. The molecule has 6 heteroatoms. The van der Waals surface area contributed by atoms with E-state index in [-0.39, 0.29) is 24.0 Å². The van der Waals surface area contributed by atoms with Crippen LogP contribution < -0.4 is 0 Å². The Morgan fingerprint density at radius 2 is 1.90 bits per heavy atom. The van der Waals surface area contributed by atoms with Crippen LogP contribution in [0.2, 0.25) is 5.02 Å². The molecule has 0 saturated carbocycles. The number of aliphatic hydroxyl groups is 1. The first-order valence-corrected chi connectivity index (χ1v) is 9.90. The molecule has 2 aromatic rings. The van der Waals surface area contributed by atoms with Gasteiger partial charge in [-0.2, -0.15) is 0 Å². The van der Waals surface area contributed by atoms with Crippen molar-refractivity contribution in [3.05, 3.63) is 75.8 Å². The Bertz CT molecular complexity index is 967. The average Bonchev–Trinajstić information content (AvgIpc) is 2.92. The predicted octanol–water partition coefficient (Wildman–Crippen LogP) is 4.50. The lowest BCUT2D eigenvalue weighted by atomic mass is 9.94. The van der Waals surface area contributed by atoms with Gasteiger partial charge in [0.05, 0.1) is 24.3 Å². The minimum absolute atomic E-state index is 0.00991. The summed E-state index contributed by atoms with van der Waals surface area (Å²) in [6, 6.07) is 13.5. The fourth-order valence-electron chi connectivity index (χ4n) is 3.48. The minimum atomic E-state index is -0.710. The molecule has 1 unspecified atom stereocenters. The Kier molecular flexibility index (Phi) is 6.40. The number of carbonyl (C=O) groups excluding carboxylic acids is 2. The van der Waals surface area contributed by atoms with E-state index in [4.69, 9.17) is 16.3 Å². The number of likely N-dealkylation sites (tertiary alicyclic amines) is 1. The van der Waals surface area contributed by atoms with Crippen molar-refractivity contribution in [1.82, 2.24) is 4.90 Å². The summed E-state index contributed by atoms with van der Waals surface area (Å²) in [7, 11) is 0. The van der Waals surface area contributed by atoms with Gasteiger partial charge in [-0.15, -0.1) is 0 Å². The summed E-state index contributed by atoms with van der Waals surface area (Å²) in [5.41, 5.74) is 2.21. The van der Waals surface area contributed by atoms with Gasteiger partial charge in [0.1, 0.15) is 5.76 Å². The molecule has 1 atom stereocenters. The molecule has 0 radical (unpaired) electrons. The molecule has 1 N–H and O–H groups in total. The third-order valence-corrected chi connectivity index (χ3v) is 5.01. The van der Waals surface area contributed by atoms with Crippen molar-refractivity contribution in [2.45, 2.75) is 32.9 Å². The highest BCUT2D eigenvalue weighted by atomic mass is 35.5. The molecule has 29 heavy (non-hydrogen) atoms. The number of rotatable bonds is 6. The van der Waals surface area contributed by atoms with Crippen molar-refractivity contribution in [3.8, 4) is 0 Å². The van der Waals surface area contributed by atoms with Crippen LogP contribution in [-0.2, 0) is 14.3 Å². The van der Waals surface area contributed by atoms with E-state index < -0.39 is 17.7 Å². The van der Waals surface area contributed by atoms with Crippen LogP contribution in [0.4, 0.5) is 0 Å². The topological polar surface area (TPSA) is 66.8 Å². The molecule has 5 nitrogen and oxygen atoms in total. The molecule has 1 amide bonds. The van der Waals surface area contributed by atoms with E-state index in [0.29, 0.717) is 17.2 Å². The molecular weight excluding hydrogens is 390 g/mol. The van der Waals surface area contributed by atoms with Crippen LogP contribution in [0.3, 0.4) is 0 Å². The van der Waals surface area contributed by atoms with E-state index >= 15 is 0 Å². The number of amides is 1. The third-order valence-electron chi connectivity index (χ3n) is 4.78. The first-order valence-electron chi connectivity index (χ1n) is 9.52. The highest BCUT2D eigenvalue weighted by molar-refractivity contribution is 6.46. The standard InChI is InChI=1S/C23H24ClNO4/c1-14(2)29-11-10-25-20(16-7-4-6-15(3)12-16)19(22(27)23(25)28)21(26)17-8-5-9-18(24)13-17/h4-9,12-14,20,26H,10-11H2,1-3H3/b21-19-. The molecule has 0 bridgehead atoms. The highest BCUT2D eigenvalue weighted by Crippen LogP contribution is 2.39. The van der Waals surface area contributed by atoms with Gasteiger partial charge >= 0.3 is 0 Å². The van der Waals surface area contributed by atoms with Crippen molar-refractivity contribution in [2.24, 2.45) is 0 Å². The van der Waals surface area contributed by atoms with Crippen molar-refractivity contribution < 1.29 is 19.4 Å². The lowest BCUT2D eigenvalue weighted by Crippen LogP contribution is -2.33. The summed E-state index contributed by atoms with van der Waals surface area (Å²) in [5, 5.41) is 11.4. The van der Waals surface area contributed by atoms with Gasteiger partial charge in [0.25, 0.3) is 11.7 Å². The second-order valence-electron chi connectivity index (χ2n) is 7.34. The van der Waals surface area contributed by atoms with Gasteiger partial charge in [-0.1, -0.05) is 53.6 Å². The monoisotopic (exact) mass is 413 g/mol. The second-order valence-corrected chi connectivity index (χ2v) is 7.77. The first kappa shape index (κ1) is 21.1. The molecule has 1 aliphatic rings. The maximum atomic E-state index is 12.9. The Morgan fingerprint density at radius 1 is 1.17 bits per heavy atom. The quantitative estimate of drug-likeness (QED) is 0.430. The maximum Gasteiger partial charge on any atom is 0.295 e. The summed E-state index contributed by atoms with van der Waals surface area (Å²) in [4.78, 5) is 27.2. The van der Waals surface area contributed by atoms with Crippen LogP contribution in [0.5, 0.6) is 0 Å². The van der Waals surface area contributed by atoms with Crippen LogP contribution >= 0.6 is 11.6 Å². The number of hydrogen-bond donors (Lipinski definition) is 1. The second kappa shape index (κ2) is 8.80. The lowest BCUT2D eigenvalue weighted by Gasteiger charge is -2.26. The Labute approximate surface area is 175 Å². The maximum absolute atomic E-state index is 12.9. The molecule has 1 aliphatic heterocycles. The van der Waals surface area contributed by atoms with E-state index in [1.807, 2.05) is 45.0 Å². The summed E-state index contributed by atoms with van der Waals surface area (Å²) in [6.07, 6.45) is 0.00991. The van der Waals surface area contributed by atoms with E-state index in [1.165, 1.54) is 4.90 Å². The number of aryl methyl sites for hydroxylation is 1. The largest absolute Gasteiger partial charge is 0.507 e. The molecule has 1 fully saturated rings. The predicted molar refractivity (Wildman–Crippen MR) is 113 cm³/mol. The zero-order valence-electron chi connectivity index (χ0n) is 16.7. The fourth-order valence-corrected chi connectivity index (χ4v) is 3.67. The van der Waals surface area contributed by atoms with Crippen molar-refractivity contribution in [2.75, 3.05) is 13.2 Å². The minimum Gasteiger partial charge on any atom is -0.507 e. The molecular formula is C23H24ClNO4. The van der Waals surface area contributed by atoms with Crippen LogP contribution in [-0.4, -0.2) is 41.0 Å². The molecule has 152 valence electrons. The number of halogens is 1. The molecule has 1 saturated heterocycles. The highest BCUT2D eigenvalue weighted by Gasteiger charge is 2.45. The number of hydrogen-bond acceptors (Lipinski definition) is 4. The van der Waals surface area contributed by atoms with Gasteiger partial charge in [0, 0.05) is 17.1 Å². The smallest absolute Gasteiger partial charge is 0.295 e. The number of ether oxygens (including phenoxy) is 1. The van der Waals surface area contributed by atoms with Gasteiger partial charge in [-0.25, -0.2) is 0 Å². The van der Waals surface area contributed by atoms with E-state index in [0.717, 1.165) is 11.1 Å². The van der Waals surface area contributed by atoms with Crippen LogP contribution in [0, 0.1) is 6.92 Å². The van der Waals surface area contributed by atoms with Gasteiger partial charge in [0.15, 0.2) is 0 Å². The van der Waals surface area contributed by atoms with Crippen molar-refractivity contribution >= 4 is 29.1 Å². The lowest BCUT2D eigenvalue weighted by molar-refractivity contribution is -0.140. The Hall–Kier alpha value is -2.63. The number of benzene rings is 2. The number of nitrogens with zero attached hydrogens (tertiary/aromatic N) is 1. The number of ketones is 1. The summed E-state index contributed by atoms with van der Waals surface area (Å²) >= 11 is 6.05. The van der Waals surface area contributed by atoms with E-state index in [2.05, 4.69) is 0 Å². The zero-order valence-corrected chi connectivity index (χ0v) is 17.4. The van der Waals surface area contributed by atoms with Gasteiger partial charge in [-0.05, 0) is 38.5 Å². The summed E-state index contributed by atoms with van der Waals surface area (Å²) in [6.45, 7) is 6.29. The fraction of sp³-hybridized carbons (Fsp3) is 0.304. The van der Waals surface area contributed by atoms with Crippen LogP contribution in [0.15, 0.2) is 54.1 Å². The van der Waals surface area contributed by atoms with Crippen molar-refractivity contribution in [1.29, 1.82) is 0 Å². The van der Waals surface area contributed by atoms with Gasteiger partial charge < -0.3 is 14.7 Å². The summed E-state index contributed by atoms with van der Waals surface area (Å²) in [5.74, 6) is -1.59. The molecule has 1 heterocycles. The normalized spacial score (nSPS) is 18.7. The molecule has 3 rings (SSSR count). The van der Waals surface area contributed by atoms with Gasteiger partial charge in [-0.3, -0.25) is 9.59 Å². The Balaban J connectivity index is 2.10. The SMILES string of the molecule is Cc1cccc(C2/C(=C(/O)c3cccc(Cl)c3)C(=O)C(=O)N2CCOC(C)C)c1. The zero-order chi connectivity index (χ0) is 21.1. The molecule has 0 aliphatic carbocycles. The number of Topliss-reactive ketones (excluding diaryl/α,β-unsaturated/α-hetero) is 1. The van der Waals surface area contributed by atoms with Crippen LogP contribution in [0.1, 0.15) is 36.6 Å². The van der Waals surface area contributed by atoms with Gasteiger partial charge in [0.2, 0.25) is 0 Å². The first-order chi connectivity index (χ1) is 13.8. The van der Waals surface area contributed by atoms with E-state index in [1.54, 1.807) is 24.3 Å². The molecule has 0 aromatic heterocycles. The van der Waals surface area contributed by atoms with Crippen LogP contribution in [0.25, 0.3) is 5.76 Å².